The fraction of sp³-hybridized carbons (Fsp3) is 0.650. The van der Waals surface area contributed by atoms with Crippen molar-refractivity contribution >= 4 is 15.9 Å². The van der Waals surface area contributed by atoms with E-state index >= 15 is 0 Å². The predicted molar refractivity (Wildman–Crippen MR) is 102 cm³/mol. The van der Waals surface area contributed by atoms with Crippen molar-refractivity contribution in [2.24, 2.45) is 5.92 Å². The monoisotopic (exact) mass is 392 g/mol. The van der Waals surface area contributed by atoms with Gasteiger partial charge in [-0.1, -0.05) is 12.5 Å². The number of hydrogen-bond acceptors (Lipinski definition) is 4. The Morgan fingerprint density at radius 3 is 2.78 bits per heavy atom. The summed E-state index contributed by atoms with van der Waals surface area (Å²) in [5, 5.41) is 2.91. The van der Waals surface area contributed by atoms with Crippen molar-refractivity contribution in [2.45, 2.75) is 55.9 Å². The summed E-state index contributed by atoms with van der Waals surface area (Å²) in [5.41, 5.74) is 2.41. The van der Waals surface area contributed by atoms with Gasteiger partial charge in [0.05, 0.1) is 17.4 Å². The molecule has 27 heavy (non-hydrogen) atoms. The number of carbonyl (C=O) groups excluding carboxylic acids is 1. The summed E-state index contributed by atoms with van der Waals surface area (Å²) in [4.78, 5) is 13.0. The zero-order valence-electron chi connectivity index (χ0n) is 15.7. The normalized spacial score (nSPS) is 27.5. The fourth-order valence-electron chi connectivity index (χ4n) is 4.70. The molecule has 4 rings (SSSR count). The number of carbonyl (C=O) groups is 1. The third-order valence-corrected chi connectivity index (χ3v) is 8.00. The number of rotatable bonds is 2. The van der Waals surface area contributed by atoms with Crippen LogP contribution in [-0.2, 0) is 32.4 Å². The quantitative estimate of drug-likeness (QED) is 0.834. The van der Waals surface area contributed by atoms with Crippen molar-refractivity contribution in [3.8, 4) is 0 Å². The van der Waals surface area contributed by atoms with Crippen LogP contribution in [0, 0.1) is 5.92 Å². The Balaban J connectivity index is 1.67. The zero-order chi connectivity index (χ0) is 18.9. The molecule has 2 atom stereocenters. The summed E-state index contributed by atoms with van der Waals surface area (Å²) in [6, 6.07) is 5.29. The van der Waals surface area contributed by atoms with E-state index in [4.69, 9.17) is 4.74 Å². The molecule has 148 valence electrons. The van der Waals surface area contributed by atoms with E-state index in [0.29, 0.717) is 37.6 Å². The minimum atomic E-state index is -3.64. The molecule has 1 aromatic rings. The molecule has 2 fully saturated rings. The minimum Gasteiger partial charge on any atom is -0.380 e. The summed E-state index contributed by atoms with van der Waals surface area (Å²) in [5.74, 6) is -0.315. The Hall–Kier alpha value is -1.44. The van der Waals surface area contributed by atoms with Crippen molar-refractivity contribution < 1.29 is 17.9 Å². The molecular weight excluding hydrogens is 364 g/mol. The maximum Gasteiger partial charge on any atom is 0.243 e. The molecule has 6 nitrogen and oxygen atoms in total. The average Bonchev–Trinajstić information content (AvgIpc) is 3.31. The third kappa shape index (κ3) is 3.77. The van der Waals surface area contributed by atoms with Crippen LogP contribution in [0.5, 0.6) is 0 Å². The lowest BCUT2D eigenvalue weighted by molar-refractivity contribution is -0.126. The number of aryl methyl sites for hydroxylation is 2. The van der Waals surface area contributed by atoms with Gasteiger partial charge in [-0.3, -0.25) is 4.79 Å². The average molecular weight is 393 g/mol. The second-order valence-corrected chi connectivity index (χ2v) is 9.65. The lowest BCUT2D eigenvalue weighted by Crippen LogP contribution is -2.47. The molecule has 0 aromatic heterocycles. The molecule has 1 saturated heterocycles. The lowest BCUT2D eigenvalue weighted by atomic mass is 10.0. The van der Waals surface area contributed by atoms with Crippen molar-refractivity contribution in [3.63, 3.8) is 0 Å². The van der Waals surface area contributed by atoms with E-state index in [1.54, 1.807) is 10.4 Å². The number of hydrogen-bond donors (Lipinski definition) is 1. The molecule has 1 aromatic carbocycles. The van der Waals surface area contributed by atoms with Crippen LogP contribution in [0.2, 0.25) is 0 Å². The zero-order valence-corrected chi connectivity index (χ0v) is 16.5. The number of nitrogens with one attached hydrogen (secondary N) is 1. The first-order valence-corrected chi connectivity index (χ1v) is 11.5. The van der Waals surface area contributed by atoms with Crippen LogP contribution in [0.1, 0.15) is 43.2 Å². The highest BCUT2D eigenvalue weighted by atomic mass is 32.2. The van der Waals surface area contributed by atoms with Gasteiger partial charge in [-0.05, 0) is 61.8 Å². The molecular formula is C20H28N2O4S. The Morgan fingerprint density at radius 2 is 1.89 bits per heavy atom. The van der Waals surface area contributed by atoms with E-state index in [9.17, 15) is 13.2 Å². The molecule has 7 heteroatoms. The van der Waals surface area contributed by atoms with Crippen LogP contribution in [0.25, 0.3) is 0 Å². The third-order valence-electron chi connectivity index (χ3n) is 6.08. The van der Waals surface area contributed by atoms with Gasteiger partial charge in [0, 0.05) is 25.7 Å². The van der Waals surface area contributed by atoms with Gasteiger partial charge in [-0.2, -0.15) is 4.31 Å². The summed E-state index contributed by atoms with van der Waals surface area (Å²) < 4.78 is 34.2. The molecule has 1 saturated carbocycles. The summed E-state index contributed by atoms with van der Waals surface area (Å²) in [7, 11) is -3.64. The Kier molecular flexibility index (Phi) is 5.53. The van der Waals surface area contributed by atoms with Crippen LogP contribution in [0.15, 0.2) is 23.1 Å². The van der Waals surface area contributed by atoms with Crippen LogP contribution in [-0.4, -0.2) is 51.0 Å². The van der Waals surface area contributed by atoms with Crippen LogP contribution in [0.3, 0.4) is 0 Å². The largest absolute Gasteiger partial charge is 0.380 e. The van der Waals surface area contributed by atoms with Crippen LogP contribution in [0.4, 0.5) is 0 Å². The standard InChI is InChI=1S/C20H28N2O4S/c23-20-18-6-2-7-19(18)22(11-3-12-26-13-10-21-20)27(24,25)17-9-8-15-4-1-5-16(15)14-17/h8-9,14,18-19H,1-7,10-13H2,(H,21,23). The number of amides is 1. The molecule has 1 N–H and O–H groups in total. The summed E-state index contributed by atoms with van der Waals surface area (Å²) >= 11 is 0. The van der Waals surface area contributed by atoms with E-state index < -0.39 is 10.0 Å². The molecule has 2 unspecified atom stereocenters. The molecule has 1 aliphatic heterocycles. The topological polar surface area (TPSA) is 75.7 Å². The highest BCUT2D eigenvalue weighted by Crippen LogP contribution is 2.35. The predicted octanol–water partition coefficient (Wildman–Crippen LogP) is 1.87. The molecule has 0 bridgehead atoms. The van der Waals surface area contributed by atoms with Gasteiger partial charge >= 0.3 is 0 Å². The Morgan fingerprint density at radius 1 is 1.04 bits per heavy atom. The molecule has 0 spiro atoms. The summed E-state index contributed by atoms with van der Waals surface area (Å²) in [6.45, 7) is 1.86. The van der Waals surface area contributed by atoms with Crippen LogP contribution >= 0.6 is 0 Å². The Bertz CT molecular complexity index is 808. The van der Waals surface area contributed by atoms with Gasteiger partial charge in [0.1, 0.15) is 0 Å². The van der Waals surface area contributed by atoms with E-state index in [2.05, 4.69) is 5.32 Å². The van der Waals surface area contributed by atoms with Crippen molar-refractivity contribution in [1.29, 1.82) is 0 Å². The van der Waals surface area contributed by atoms with Gasteiger partial charge < -0.3 is 10.1 Å². The first kappa shape index (κ1) is 18.9. The smallest absolute Gasteiger partial charge is 0.243 e. The molecule has 1 heterocycles. The second kappa shape index (κ2) is 7.89. The summed E-state index contributed by atoms with van der Waals surface area (Å²) in [6.07, 6.45) is 6.07. The van der Waals surface area contributed by atoms with E-state index in [1.807, 2.05) is 12.1 Å². The van der Waals surface area contributed by atoms with E-state index in [-0.39, 0.29) is 17.9 Å². The molecule has 3 aliphatic rings. The molecule has 1 amide bonds. The van der Waals surface area contributed by atoms with Crippen molar-refractivity contribution in [2.75, 3.05) is 26.3 Å². The minimum absolute atomic E-state index is 0.0443. The second-order valence-electron chi connectivity index (χ2n) is 7.76. The lowest BCUT2D eigenvalue weighted by Gasteiger charge is -2.31. The van der Waals surface area contributed by atoms with Crippen molar-refractivity contribution in [3.05, 3.63) is 29.3 Å². The maximum absolute atomic E-state index is 13.5. The first-order chi connectivity index (χ1) is 13.1. The van der Waals surface area contributed by atoms with E-state index in [0.717, 1.165) is 44.1 Å². The molecule has 0 radical (unpaired) electrons. The van der Waals surface area contributed by atoms with Gasteiger partial charge in [0.25, 0.3) is 0 Å². The van der Waals surface area contributed by atoms with Gasteiger partial charge in [0.2, 0.25) is 15.9 Å². The van der Waals surface area contributed by atoms with Gasteiger partial charge in [-0.15, -0.1) is 0 Å². The SMILES string of the molecule is O=C1NCCOCCCN(S(=O)(=O)c2ccc3c(c2)CCC3)C2CCCC12. The highest BCUT2D eigenvalue weighted by molar-refractivity contribution is 7.89. The van der Waals surface area contributed by atoms with Crippen molar-refractivity contribution in [1.82, 2.24) is 9.62 Å². The number of ether oxygens (including phenoxy) is 1. The van der Waals surface area contributed by atoms with Gasteiger partial charge in [0.15, 0.2) is 0 Å². The van der Waals surface area contributed by atoms with E-state index in [1.165, 1.54) is 5.56 Å². The first-order valence-electron chi connectivity index (χ1n) is 10.1. The Labute approximate surface area is 161 Å². The van der Waals surface area contributed by atoms with Gasteiger partial charge in [-0.25, -0.2) is 8.42 Å². The number of nitrogens with zero attached hydrogens (tertiary/aromatic N) is 1. The fourth-order valence-corrected chi connectivity index (χ4v) is 6.48. The number of fused-ring (bicyclic) bond motifs is 2. The maximum atomic E-state index is 13.5. The highest BCUT2D eigenvalue weighted by Gasteiger charge is 2.42. The molecule has 2 aliphatic carbocycles. The number of benzene rings is 1. The number of sulfonamides is 1. The van der Waals surface area contributed by atoms with Crippen LogP contribution < -0.4 is 5.32 Å².